The van der Waals surface area contributed by atoms with Crippen LogP contribution in [0.2, 0.25) is 0 Å². The lowest BCUT2D eigenvalue weighted by atomic mass is 10.3. The van der Waals surface area contributed by atoms with E-state index in [-0.39, 0.29) is 35.6 Å². The second-order valence-corrected chi connectivity index (χ2v) is 7.49. The minimum absolute atomic E-state index is 0.0695. The number of likely N-dealkylation sites (tertiary alicyclic amines) is 1. The molecule has 0 saturated carbocycles. The Labute approximate surface area is 152 Å². The van der Waals surface area contributed by atoms with Gasteiger partial charge in [0.2, 0.25) is 15.9 Å². The molecule has 1 aromatic rings. The van der Waals surface area contributed by atoms with Crippen LogP contribution >= 0.6 is 0 Å². The molecule has 142 valence electrons. The number of nitriles is 1. The van der Waals surface area contributed by atoms with Gasteiger partial charge in [-0.05, 0) is 24.6 Å². The Morgan fingerprint density at radius 1 is 1.42 bits per heavy atom. The summed E-state index contributed by atoms with van der Waals surface area (Å²) in [6, 6.07) is 4.04. The first-order valence-corrected chi connectivity index (χ1v) is 9.51. The van der Waals surface area contributed by atoms with Crippen LogP contribution in [0.3, 0.4) is 0 Å². The number of nitrogens with zero attached hydrogens (tertiary/aromatic N) is 2. The summed E-state index contributed by atoms with van der Waals surface area (Å²) in [4.78, 5) is 13.2. The normalized spacial score (nSPS) is 17.0. The SMILES string of the molecule is COCCC(=O)Nc1ccc(OC)c(S(=O)(=O)N[C@@H]2CCN(C#N)C2)c1. The summed E-state index contributed by atoms with van der Waals surface area (Å²) in [5, 5.41) is 11.5. The smallest absolute Gasteiger partial charge is 0.244 e. The van der Waals surface area contributed by atoms with Crippen molar-refractivity contribution in [2.45, 2.75) is 23.8 Å². The van der Waals surface area contributed by atoms with E-state index >= 15 is 0 Å². The van der Waals surface area contributed by atoms with Gasteiger partial charge in [0.25, 0.3) is 0 Å². The number of nitrogens with one attached hydrogen (secondary N) is 2. The third kappa shape index (κ3) is 5.08. The lowest BCUT2D eigenvalue weighted by Gasteiger charge is -2.16. The predicted octanol–water partition coefficient (Wildman–Crippen LogP) is 0.504. The lowest BCUT2D eigenvalue weighted by molar-refractivity contribution is -0.117. The molecule has 1 aliphatic heterocycles. The largest absolute Gasteiger partial charge is 0.495 e. The van der Waals surface area contributed by atoms with E-state index in [9.17, 15) is 13.2 Å². The molecule has 0 unspecified atom stereocenters. The van der Waals surface area contributed by atoms with Gasteiger partial charge in [-0.15, -0.1) is 0 Å². The fourth-order valence-corrected chi connectivity index (χ4v) is 4.07. The van der Waals surface area contributed by atoms with Crippen LogP contribution in [-0.4, -0.2) is 59.2 Å². The second-order valence-electron chi connectivity index (χ2n) is 5.81. The number of carbonyl (C=O) groups is 1. The monoisotopic (exact) mass is 382 g/mol. The van der Waals surface area contributed by atoms with Crippen molar-refractivity contribution < 1.29 is 22.7 Å². The van der Waals surface area contributed by atoms with E-state index in [1.54, 1.807) is 6.07 Å². The number of ether oxygens (including phenoxy) is 2. The number of benzene rings is 1. The van der Waals surface area contributed by atoms with E-state index < -0.39 is 10.0 Å². The summed E-state index contributed by atoms with van der Waals surface area (Å²) < 4.78 is 38.1. The van der Waals surface area contributed by atoms with E-state index in [1.807, 2.05) is 6.19 Å². The number of rotatable bonds is 8. The van der Waals surface area contributed by atoms with Crippen LogP contribution in [0.25, 0.3) is 0 Å². The maximum atomic E-state index is 12.7. The lowest BCUT2D eigenvalue weighted by Crippen LogP contribution is -2.36. The molecule has 2 rings (SSSR count). The average molecular weight is 382 g/mol. The number of amides is 1. The van der Waals surface area contributed by atoms with Gasteiger partial charge in [0.15, 0.2) is 6.19 Å². The standard InChI is InChI=1S/C16H22N4O5S/c1-24-8-6-16(21)18-12-3-4-14(25-2)15(9-12)26(22,23)19-13-5-7-20(10-13)11-17/h3-4,9,13,19H,5-8,10H2,1-2H3,(H,18,21)/t13-/m1/s1. The van der Waals surface area contributed by atoms with Gasteiger partial charge in [-0.2, -0.15) is 5.26 Å². The summed E-state index contributed by atoms with van der Waals surface area (Å²) in [6.45, 7) is 1.10. The van der Waals surface area contributed by atoms with E-state index in [2.05, 4.69) is 10.0 Å². The summed E-state index contributed by atoms with van der Waals surface area (Å²) in [5.41, 5.74) is 0.345. The second kappa shape index (κ2) is 8.84. The van der Waals surface area contributed by atoms with Crippen molar-refractivity contribution in [1.29, 1.82) is 5.26 Å². The van der Waals surface area contributed by atoms with Gasteiger partial charge in [0.05, 0.1) is 20.1 Å². The van der Waals surface area contributed by atoms with Crippen molar-refractivity contribution in [3.05, 3.63) is 18.2 Å². The van der Waals surface area contributed by atoms with Crippen molar-refractivity contribution in [2.24, 2.45) is 0 Å². The van der Waals surface area contributed by atoms with Gasteiger partial charge in [-0.25, -0.2) is 13.1 Å². The molecular weight excluding hydrogens is 360 g/mol. The molecular formula is C16H22N4O5S. The van der Waals surface area contributed by atoms with Crippen LogP contribution in [0.4, 0.5) is 5.69 Å². The number of hydrogen-bond donors (Lipinski definition) is 2. The Morgan fingerprint density at radius 2 is 2.19 bits per heavy atom. The molecule has 0 spiro atoms. The Hall–Kier alpha value is -2.35. The van der Waals surface area contributed by atoms with Crippen LogP contribution in [0.1, 0.15) is 12.8 Å². The van der Waals surface area contributed by atoms with Crippen molar-refractivity contribution in [2.75, 3.05) is 39.2 Å². The molecule has 0 bridgehead atoms. The van der Waals surface area contributed by atoms with Crippen LogP contribution in [-0.2, 0) is 19.6 Å². The molecule has 2 N–H and O–H groups in total. The van der Waals surface area contributed by atoms with Crippen molar-refractivity contribution >= 4 is 21.6 Å². The number of methoxy groups -OCH3 is 2. The minimum atomic E-state index is -3.88. The van der Waals surface area contributed by atoms with Crippen LogP contribution < -0.4 is 14.8 Å². The van der Waals surface area contributed by atoms with E-state index in [0.717, 1.165) is 0 Å². The number of hydrogen-bond acceptors (Lipinski definition) is 7. The molecule has 1 saturated heterocycles. The van der Waals surface area contributed by atoms with E-state index in [0.29, 0.717) is 25.2 Å². The van der Waals surface area contributed by atoms with Gasteiger partial charge in [-0.3, -0.25) is 4.79 Å². The molecule has 1 amide bonds. The molecule has 1 heterocycles. The molecule has 10 heteroatoms. The highest BCUT2D eigenvalue weighted by Gasteiger charge is 2.29. The Bertz CT molecular complexity index is 790. The number of anilines is 1. The summed E-state index contributed by atoms with van der Waals surface area (Å²) in [7, 11) is -1.01. The van der Waals surface area contributed by atoms with Gasteiger partial charge >= 0.3 is 0 Å². The number of sulfonamides is 1. The van der Waals surface area contributed by atoms with Crippen molar-refractivity contribution in [3.63, 3.8) is 0 Å². The molecule has 1 aromatic carbocycles. The zero-order chi connectivity index (χ0) is 19.2. The topological polar surface area (TPSA) is 121 Å². The maximum absolute atomic E-state index is 12.7. The first kappa shape index (κ1) is 20.0. The summed E-state index contributed by atoms with van der Waals surface area (Å²) in [5.74, 6) is -0.115. The zero-order valence-corrected chi connectivity index (χ0v) is 15.5. The first-order chi connectivity index (χ1) is 12.4. The highest BCUT2D eigenvalue weighted by Crippen LogP contribution is 2.28. The maximum Gasteiger partial charge on any atom is 0.244 e. The third-order valence-corrected chi connectivity index (χ3v) is 5.46. The highest BCUT2D eigenvalue weighted by molar-refractivity contribution is 7.89. The van der Waals surface area contributed by atoms with E-state index in [1.165, 1.54) is 31.3 Å². The molecule has 9 nitrogen and oxygen atoms in total. The van der Waals surface area contributed by atoms with E-state index in [4.69, 9.17) is 14.7 Å². The van der Waals surface area contributed by atoms with Gasteiger partial charge in [0.1, 0.15) is 10.6 Å². The van der Waals surface area contributed by atoms with Gasteiger partial charge in [0, 0.05) is 31.9 Å². The van der Waals surface area contributed by atoms with Gasteiger partial charge < -0.3 is 19.7 Å². The first-order valence-electron chi connectivity index (χ1n) is 8.03. The fraction of sp³-hybridized carbons (Fsp3) is 0.500. The van der Waals surface area contributed by atoms with Gasteiger partial charge in [-0.1, -0.05) is 0 Å². The molecule has 26 heavy (non-hydrogen) atoms. The highest BCUT2D eigenvalue weighted by atomic mass is 32.2. The Kier molecular flexibility index (Phi) is 6.79. The minimum Gasteiger partial charge on any atom is -0.495 e. The average Bonchev–Trinajstić information content (AvgIpc) is 3.06. The van der Waals surface area contributed by atoms with Crippen molar-refractivity contribution in [3.8, 4) is 11.9 Å². The van der Waals surface area contributed by atoms with Crippen LogP contribution in [0.5, 0.6) is 5.75 Å². The molecule has 0 aromatic heterocycles. The Morgan fingerprint density at radius 3 is 2.81 bits per heavy atom. The Balaban J connectivity index is 2.18. The molecule has 0 aliphatic carbocycles. The fourth-order valence-electron chi connectivity index (χ4n) is 2.61. The molecule has 1 atom stereocenters. The number of carbonyl (C=O) groups excluding carboxylic acids is 1. The molecule has 1 fully saturated rings. The zero-order valence-electron chi connectivity index (χ0n) is 14.7. The van der Waals surface area contributed by atoms with Crippen LogP contribution in [0, 0.1) is 11.5 Å². The third-order valence-electron chi connectivity index (χ3n) is 3.92. The predicted molar refractivity (Wildman–Crippen MR) is 94.0 cm³/mol. The molecule has 1 aliphatic rings. The summed E-state index contributed by atoms with van der Waals surface area (Å²) >= 11 is 0. The quantitative estimate of drug-likeness (QED) is 0.628. The van der Waals surface area contributed by atoms with Crippen molar-refractivity contribution in [1.82, 2.24) is 9.62 Å². The van der Waals surface area contributed by atoms with Crippen LogP contribution in [0.15, 0.2) is 23.1 Å². The molecule has 0 radical (unpaired) electrons. The summed E-state index contributed by atoms with van der Waals surface area (Å²) in [6.07, 6.45) is 2.71.